The minimum absolute atomic E-state index is 0.172. The van der Waals surface area contributed by atoms with Crippen molar-refractivity contribution in [1.29, 1.82) is 0 Å². The summed E-state index contributed by atoms with van der Waals surface area (Å²) in [6.45, 7) is 7.02. The van der Waals surface area contributed by atoms with Gasteiger partial charge in [0.1, 0.15) is 90.9 Å². The topological polar surface area (TPSA) is 267 Å². The maximum absolute atomic E-state index is 13.7. The Kier molecular flexibility index (Phi) is 15.8. The number of aromatic nitrogens is 8. The Morgan fingerprint density at radius 1 is 0.250 bits per heavy atom. The van der Waals surface area contributed by atoms with Gasteiger partial charge in [-0.25, -0.2) is 49.1 Å². The second-order valence-corrected chi connectivity index (χ2v) is 28.4. The molecule has 9 heterocycles. The smallest absolute Gasteiger partial charge is 0.339 e. The molecule has 0 saturated heterocycles. The summed E-state index contributed by atoms with van der Waals surface area (Å²) in [5, 5.41) is 4.89. The first-order valence-electron chi connectivity index (χ1n) is 37.3. The predicted molar refractivity (Wildman–Crippen MR) is 447 cm³/mol. The van der Waals surface area contributed by atoms with Gasteiger partial charge in [-0.3, -0.25) is 0 Å². The largest absolute Gasteiger partial charge is 0.456 e. The number of nitrogens with one attached hydrogen (secondary N) is 2. The molecule has 0 unspecified atom stereocenters. The molecule has 0 radical (unpaired) electrons. The highest BCUT2D eigenvalue weighted by Crippen LogP contribution is 2.49. The van der Waals surface area contributed by atoms with Crippen LogP contribution in [-0.4, -0.2) is 39.9 Å². The van der Waals surface area contributed by atoms with Gasteiger partial charge >= 0.3 is 22.5 Å². The fourth-order valence-electron chi connectivity index (χ4n) is 16.0. The van der Waals surface area contributed by atoms with Gasteiger partial charge in [0, 0.05) is 112 Å². The first-order valence-corrected chi connectivity index (χ1v) is 37.3. The molecule has 12 aromatic carbocycles. The van der Waals surface area contributed by atoms with E-state index in [9.17, 15) is 19.2 Å². The van der Waals surface area contributed by atoms with Crippen LogP contribution in [0.1, 0.15) is 22.3 Å². The number of ether oxygens (including phenoxy) is 4. The van der Waals surface area contributed by atoms with Gasteiger partial charge in [-0.1, -0.05) is 170 Å². The van der Waals surface area contributed by atoms with Crippen LogP contribution >= 0.6 is 0 Å². The van der Waals surface area contributed by atoms with Crippen molar-refractivity contribution in [3.05, 3.63) is 331 Å². The van der Waals surface area contributed by atoms with Crippen molar-refractivity contribution >= 4 is 88.0 Å². The third kappa shape index (κ3) is 11.4. The van der Waals surface area contributed by atoms with E-state index in [-0.39, 0.29) is 34.6 Å². The second kappa shape index (κ2) is 26.9. The van der Waals surface area contributed by atoms with Gasteiger partial charge in [-0.15, -0.1) is 0 Å². The van der Waals surface area contributed by atoms with Gasteiger partial charge in [-0.05, 0) is 123 Å². The summed E-state index contributed by atoms with van der Waals surface area (Å²) in [7, 11) is 0. The van der Waals surface area contributed by atoms with Crippen LogP contribution in [0.2, 0.25) is 0 Å². The number of H-pyrrole nitrogens is 2. The van der Waals surface area contributed by atoms with Crippen LogP contribution in [0.4, 0.5) is 0 Å². The molecule has 0 amide bonds. The number of hydrogen-bond donors (Lipinski definition) is 2. The van der Waals surface area contributed by atoms with Crippen molar-refractivity contribution < 1.29 is 36.6 Å². The van der Waals surface area contributed by atoms with Crippen LogP contribution in [0.3, 0.4) is 0 Å². The normalized spacial score (nSPS) is 11.8. The predicted octanol–water partition coefficient (Wildman–Crippen LogP) is 22.4. The van der Waals surface area contributed by atoms with Crippen molar-refractivity contribution in [3.8, 4) is 136 Å². The molecule has 2 aliphatic rings. The second-order valence-electron chi connectivity index (χ2n) is 28.4. The third-order valence-electron chi connectivity index (χ3n) is 21.4. The molecule has 0 fully saturated rings. The lowest BCUT2D eigenvalue weighted by Crippen LogP contribution is -2.05. The maximum atomic E-state index is 13.7. The molecule has 116 heavy (non-hydrogen) atoms. The van der Waals surface area contributed by atoms with E-state index in [2.05, 4.69) is 9.97 Å². The van der Waals surface area contributed by atoms with E-state index in [1.54, 1.807) is 64.1 Å². The maximum Gasteiger partial charge on any atom is 0.339 e. The highest BCUT2D eigenvalue weighted by molar-refractivity contribution is 6.11. The standard InChI is InChI=1S/C96H58N8O12/c1-49-77(53-21-9-5-10-22-53)61-41-37-57(45-73(61)113-93(49)105)109-69-33-17-29-65-81(69)89-97-85(65)102-90-83-67(31-19-35-71(83)111-59-39-43-63-75(47-59)115-95(107)51(3)79(63)55-25-13-7-14-26-55)87(99-90)104-92-84-68(32-20-36-72(84)112-60-40-44-64-76(48-60)116-96(108)52(4)80(64)56-27-15-8-16-28-56)88(100-92)103-91-82-66(86(98-91)101-89)30-18-34-70(82)110-58-38-42-62-74(46-58)114-94(106)50(2)78(62)54-23-11-6-12-24-54/h5-48H,1-4H3,(H2,97,98,99,100,101,102,103,104). The third-order valence-corrected chi connectivity index (χ3v) is 21.4. The number of benzene rings is 12. The van der Waals surface area contributed by atoms with Gasteiger partial charge < -0.3 is 46.6 Å². The van der Waals surface area contributed by atoms with Crippen molar-refractivity contribution in [2.75, 3.05) is 0 Å². The summed E-state index contributed by atoms with van der Waals surface area (Å²) in [6.07, 6.45) is 0. The van der Waals surface area contributed by atoms with Crippen molar-refractivity contribution in [1.82, 2.24) is 39.9 Å². The molecule has 554 valence electrons. The van der Waals surface area contributed by atoms with E-state index in [1.165, 1.54) is 0 Å². The van der Waals surface area contributed by atoms with Gasteiger partial charge in [0.05, 0.1) is 21.9 Å². The SMILES string of the molecule is Cc1c(-c2ccccc2)c2ccc(Oc3cccc4c3-c3nc-4nc4[nH]c(nc5nc(nc6[nH]c(n3)c3cccc(Oc7ccc8c(-c9ccccc9)c(C)c(=O)oc8c7)c63)-c3cccc(Oc6ccc7c(-c8ccccc8)c(C)c(=O)oc7c6)c3-5)c3cccc(Oc5ccc6c(-c7ccccc7)c(C)c(=O)oc6c5)c43)cc2oc1=O. The van der Waals surface area contributed by atoms with Crippen LogP contribution in [0.25, 0.3) is 178 Å². The van der Waals surface area contributed by atoms with Crippen molar-refractivity contribution in [3.63, 3.8) is 0 Å². The summed E-state index contributed by atoms with van der Waals surface area (Å²) >= 11 is 0. The fourth-order valence-corrected chi connectivity index (χ4v) is 16.0. The molecule has 21 rings (SSSR count). The zero-order valence-electron chi connectivity index (χ0n) is 62.0. The Bertz CT molecular complexity index is 7410. The van der Waals surface area contributed by atoms with Gasteiger partial charge in [0.15, 0.2) is 23.3 Å². The molecule has 8 bridgehead atoms. The number of hydrogen-bond acceptors (Lipinski definition) is 18. The minimum Gasteiger partial charge on any atom is -0.456 e. The highest BCUT2D eigenvalue weighted by atomic mass is 16.5. The molecule has 0 atom stereocenters. The number of nitrogens with zero attached hydrogens (tertiary/aromatic N) is 6. The quantitative estimate of drug-likeness (QED) is 0.108. The summed E-state index contributed by atoms with van der Waals surface area (Å²) in [5.41, 5.74) is 10.6. The first kappa shape index (κ1) is 68.1. The zero-order chi connectivity index (χ0) is 78.1. The van der Waals surface area contributed by atoms with Crippen LogP contribution in [0, 0.1) is 27.7 Å². The lowest BCUT2D eigenvalue weighted by molar-refractivity contribution is 0.481. The molecule has 2 aliphatic heterocycles. The van der Waals surface area contributed by atoms with E-state index in [0.717, 1.165) is 44.5 Å². The molecular formula is C96H58N8O12. The number of aromatic amines is 2. The summed E-state index contributed by atoms with van der Waals surface area (Å²) in [6, 6.07) is 82.5. The number of rotatable bonds is 12. The van der Waals surface area contributed by atoms with Crippen LogP contribution in [0.5, 0.6) is 46.0 Å². The molecule has 0 aliphatic carbocycles. The Morgan fingerprint density at radius 2 is 0.526 bits per heavy atom. The molecule has 20 heteroatoms. The zero-order valence-corrected chi connectivity index (χ0v) is 62.0. The summed E-state index contributed by atoms with van der Waals surface area (Å²) in [5.74, 6) is 3.46. The van der Waals surface area contributed by atoms with Gasteiger partial charge in [-0.2, -0.15) is 0 Å². The Balaban J connectivity index is 0.800. The van der Waals surface area contributed by atoms with E-state index < -0.39 is 22.5 Å². The molecule has 19 aromatic rings. The summed E-state index contributed by atoms with van der Waals surface area (Å²) < 4.78 is 52.0. The van der Waals surface area contributed by atoms with Gasteiger partial charge in [0.25, 0.3) is 0 Å². The highest BCUT2D eigenvalue weighted by Gasteiger charge is 2.30. The van der Waals surface area contributed by atoms with Crippen molar-refractivity contribution in [2.24, 2.45) is 0 Å². The Hall–Kier alpha value is -16.0. The fraction of sp³-hybridized carbons (Fsp3) is 0.0417. The van der Waals surface area contributed by atoms with E-state index in [0.29, 0.717) is 167 Å². The Labute approximate surface area is 655 Å². The van der Waals surface area contributed by atoms with E-state index >= 15 is 0 Å². The molecule has 20 nitrogen and oxygen atoms in total. The van der Waals surface area contributed by atoms with Crippen molar-refractivity contribution in [2.45, 2.75) is 27.7 Å². The molecular weight excluding hydrogens is 1460 g/mol. The first-order chi connectivity index (χ1) is 56.7. The lowest BCUT2D eigenvalue weighted by Gasteiger charge is -2.13. The molecule has 0 saturated carbocycles. The monoisotopic (exact) mass is 1510 g/mol. The van der Waals surface area contributed by atoms with Crippen LogP contribution in [-0.2, 0) is 0 Å². The average molecular weight is 1520 g/mol. The molecule has 7 aromatic heterocycles. The van der Waals surface area contributed by atoms with Crippen LogP contribution in [0.15, 0.2) is 304 Å². The molecule has 2 N–H and O–H groups in total. The molecule has 0 spiro atoms. The lowest BCUT2D eigenvalue weighted by atomic mass is 9.98. The number of fused-ring (bicyclic) bond motifs is 24. The average Bonchev–Trinajstić information content (AvgIpc) is 1.57. The summed E-state index contributed by atoms with van der Waals surface area (Å²) in [4.78, 5) is 94.6. The van der Waals surface area contributed by atoms with Crippen LogP contribution < -0.4 is 41.4 Å². The van der Waals surface area contributed by atoms with E-state index in [1.807, 2.05) is 231 Å². The van der Waals surface area contributed by atoms with E-state index in [4.69, 9.17) is 66.5 Å². The van der Waals surface area contributed by atoms with Gasteiger partial charge in [0.2, 0.25) is 0 Å². The Morgan fingerprint density at radius 3 is 0.836 bits per heavy atom. The minimum atomic E-state index is -0.487.